The van der Waals surface area contributed by atoms with Gasteiger partial charge < -0.3 is 18.8 Å². The van der Waals surface area contributed by atoms with Crippen molar-refractivity contribution in [2.75, 3.05) is 18.1 Å². The second kappa shape index (κ2) is 6.92. The van der Waals surface area contributed by atoms with E-state index in [0.717, 1.165) is 5.76 Å². The number of carbonyl (C=O) groups excluding carboxylic acids is 1. The predicted octanol–water partition coefficient (Wildman–Crippen LogP) is 1.94. The molecule has 1 fully saturated rings. The minimum atomic E-state index is -3.14. The van der Waals surface area contributed by atoms with E-state index in [1.165, 1.54) is 0 Å². The first kappa shape index (κ1) is 17.9. The van der Waals surface area contributed by atoms with E-state index in [4.69, 9.17) is 13.9 Å². The third kappa shape index (κ3) is 3.80. The molecule has 3 heterocycles. The predicted molar refractivity (Wildman–Crippen MR) is 97.4 cm³/mol. The molecule has 1 aromatic carbocycles. The van der Waals surface area contributed by atoms with Crippen LogP contribution in [0.5, 0.6) is 11.5 Å². The summed E-state index contributed by atoms with van der Waals surface area (Å²) < 4.78 is 41.0. The van der Waals surface area contributed by atoms with Gasteiger partial charge in [0.1, 0.15) is 18.1 Å². The van der Waals surface area contributed by atoms with Gasteiger partial charge in [0.25, 0.3) is 5.91 Å². The zero-order chi connectivity index (χ0) is 19.0. The van der Waals surface area contributed by atoms with Crippen molar-refractivity contribution in [2.24, 2.45) is 0 Å². The highest BCUT2D eigenvalue weighted by molar-refractivity contribution is 7.91. The molecule has 2 aliphatic rings. The molecule has 0 spiro atoms. The molecular formula is C19H21NO6S. The van der Waals surface area contributed by atoms with Gasteiger partial charge in [0, 0.05) is 6.04 Å². The van der Waals surface area contributed by atoms with Crippen LogP contribution in [0.2, 0.25) is 0 Å². The topological polar surface area (TPSA) is 86.0 Å². The Bertz CT molecular complexity index is 951. The lowest BCUT2D eigenvalue weighted by Crippen LogP contribution is -2.50. The summed E-state index contributed by atoms with van der Waals surface area (Å²) in [5.74, 6) is 2.21. The van der Waals surface area contributed by atoms with Gasteiger partial charge in [0.05, 0.1) is 18.1 Å². The lowest BCUT2D eigenvalue weighted by atomic mass is 10.1. The Hall–Kier alpha value is -2.48. The monoisotopic (exact) mass is 391 g/mol. The first-order valence-electron chi connectivity index (χ1n) is 8.86. The molecule has 4 rings (SSSR count). The number of nitrogens with zero attached hydrogens (tertiary/aromatic N) is 1. The molecule has 0 radical (unpaired) electrons. The first-order chi connectivity index (χ1) is 12.9. The molecule has 0 saturated carbocycles. The number of furan rings is 1. The van der Waals surface area contributed by atoms with Gasteiger partial charge in [-0.1, -0.05) is 12.1 Å². The smallest absolute Gasteiger partial charge is 0.267 e. The fourth-order valence-electron chi connectivity index (χ4n) is 3.47. The quantitative estimate of drug-likeness (QED) is 0.792. The summed E-state index contributed by atoms with van der Waals surface area (Å²) in [5.41, 5.74) is 0. The normalized spacial score (nSPS) is 23.1. The number of ether oxygens (including phenoxy) is 2. The number of sulfone groups is 1. The van der Waals surface area contributed by atoms with Crippen LogP contribution in [-0.4, -0.2) is 49.5 Å². The molecule has 7 nitrogen and oxygen atoms in total. The van der Waals surface area contributed by atoms with Gasteiger partial charge in [-0.2, -0.15) is 0 Å². The maximum absolute atomic E-state index is 13.2. The van der Waals surface area contributed by atoms with E-state index in [9.17, 15) is 13.2 Å². The van der Waals surface area contributed by atoms with Gasteiger partial charge in [0.2, 0.25) is 6.10 Å². The number of amides is 1. The van der Waals surface area contributed by atoms with Crippen molar-refractivity contribution in [3.8, 4) is 11.5 Å². The Morgan fingerprint density at radius 2 is 1.96 bits per heavy atom. The van der Waals surface area contributed by atoms with Gasteiger partial charge in [-0.3, -0.25) is 4.79 Å². The Balaban J connectivity index is 1.57. The summed E-state index contributed by atoms with van der Waals surface area (Å²) in [6.07, 6.45) is -0.406. The maximum atomic E-state index is 13.2. The summed E-state index contributed by atoms with van der Waals surface area (Å²) in [4.78, 5) is 14.8. The highest BCUT2D eigenvalue weighted by Crippen LogP contribution is 2.32. The van der Waals surface area contributed by atoms with Crippen molar-refractivity contribution in [1.82, 2.24) is 4.90 Å². The van der Waals surface area contributed by atoms with Crippen molar-refractivity contribution in [3.05, 3.63) is 47.9 Å². The molecule has 1 amide bonds. The summed E-state index contributed by atoms with van der Waals surface area (Å²) in [6.45, 7) is 2.11. The fourth-order valence-corrected chi connectivity index (χ4v) is 5.20. The van der Waals surface area contributed by atoms with Crippen LogP contribution >= 0.6 is 0 Å². The molecule has 0 bridgehead atoms. The molecular weight excluding hydrogens is 370 g/mol. The minimum absolute atomic E-state index is 0.0391. The lowest BCUT2D eigenvalue weighted by Gasteiger charge is -2.33. The molecule has 2 aliphatic heterocycles. The molecule has 144 valence electrons. The molecule has 2 aromatic rings. The van der Waals surface area contributed by atoms with Gasteiger partial charge in [-0.15, -0.1) is 0 Å². The number of benzene rings is 1. The van der Waals surface area contributed by atoms with Crippen LogP contribution in [0, 0.1) is 6.92 Å². The van der Waals surface area contributed by atoms with Crippen LogP contribution in [0.15, 0.2) is 40.8 Å². The van der Waals surface area contributed by atoms with E-state index < -0.39 is 22.0 Å². The molecule has 8 heteroatoms. The molecule has 1 saturated heterocycles. The average Bonchev–Trinajstić information content (AvgIpc) is 3.23. The largest absolute Gasteiger partial charge is 0.485 e. The van der Waals surface area contributed by atoms with Gasteiger partial charge in [-0.25, -0.2) is 8.42 Å². The van der Waals surface area contributed by atoms with Gasteiger partial charge in [-0.05, 0) is 37.6 Å². The summed E-state index contributed by atoms with van der Waals surface area (Å²) in [7, 11) is -3.14. The zero-order valence-corrected chi connectivity index (χ0v) is 15.8. The number of hydrogen-bond donors (Lipinski definition) is 0. The number of aryl methyl sites for hydroxylation is 1. The highest BCUT2D eigenvalue weighted by atomic mass is 32.2. The standard InChI is InChI=1S/C19H21NO6S/c1-13-6-7-15(25-13)10-20(14-8-9-27(22,23)12-14)19(21)18-11-24-16-4-2-3-5-17(16)26-18/h2-7,14,18H,8-12H2,1H3/t14-,18+/m0/s1. The second-order valence-electron chi connectivity index (χ2n) is 6.90. The molecule has 0 aliphatic carbocycles. The average molecular weight is 391 g/mol. The minimum Gasteiger partial charge on any atom is -0.485 e. The van der Waals surface area contributed by atoms with Crippen molar-refractivity contribution < 1.29 is 27.1 Å². The van der Waals surface area contributed by atoms with E-state index in [1.807, 2.05) is 25.1 Å². The highest BCUT2D eigenvalue weighted by Gasteiger charge is 2.39. The number of fused-ring (bicyclic) bond motifs is 1. The third-order valence-electron chi connectivity index (χ3n) is 4.84. The molecule has 2 atom stereocenters. The van der Waals surface area contributed by atoms with Gasteiger partial charge in [0.15, 0.2) is 21.3 Å². The van der Waals surface area contributed by atoms with Crippen molar-refractivity contribution >= 4 is 15.7 Å². The van der Waals surface area contributed by atoms with Crippen LogP contribution in [0.4, 0.5) is 0 Å². The summed E-state index contributed by atoms with van der Waals surface area (Å²) in [5, 5.41) is 0. The molecule has 0 unspecified atom stereocenters. The SMILES string of the molecule is Cc1ccc(CN(C(=O)[C@H]2COc3ccccc3O2)[C@H]2CCS(=O)(=O)C2)o1. The van der Waals surface area contributed by atoms with Crippen LogP contribution in [0.25, 0.3) is 0 Å². The van der Waals surface area contributed by atoms with E-state index in [-0.39, 0.29) is 30.6 Å². The number of hydrogen-bond acceptors (Lipinski definition) is 6. The van der Waals surface area contributed by atoms with E-state index in [0.29, 0.717) is 23.7 Å². The van der Waals surface area contributed by atoms with Crippen LogP contribution in [0.1, 0.15) is 17.9 Å². The molecule has 27 heavy (non-hydrogen) atoms. The first-order valence-corrected chi connectivity index (χ1v) is 10.7. The Morgan fingerprint density at radius 1 is 1.19 bits per heavy atom. The fraction of sp³-hybridized carbons (Fsp3) is 0.421. The third-order valence-corrected chi connectivity index (χ3v) is 6.59. The maximum Gasteiger partial charge on any atom is 0.267 e. The lowest BCUT2D eigenvalue weighted by molar-refractivity contribution is -0.144. The number of carbonyl (C=O) groups is 1. The number of para-hydroxylation sites is 2. The zero-order valence-electron chi connectivity index (χ0n) is 15.0. The van der Waals surface area contributed by atoms with E-state index in [2.05, 4.69) is 0 Å². The van der Waals surface area contributed by atoms with Crippen LogP contribution in [-0.2, 0) is 21.2 Å². The summed E-state index contributed by atoms with van der Waals surface area (Å²) >= 11 is 0. The summed E-state index contributed by atoms with van der Waals surface area (Å²) in [6, 6.07) is 10.4. The van der Waals surface area contributed by atoms with Crippen LogP contribution < -0.4 is 9.47 Å². The Labute approximate surface area is 157 Å². The Kier molecular flexibility index (Phi) is 4.59. The molecule has 0 N–H and O–H groups in total. The van der Waals surface area contributed by atoms with Crippen molar-refractivity contribution in [2.45, 2.75) is 32.0 Å². The van der Waals surface area contributed by atoms with Crippen molar-refractivity contribution in [1.29, 1.82) is 0 Å². The number of rotatable bonds is 4. The Morgan fingerprint density at radius 3 is 2.63 bits per heavy atom. The molecule has 1 aromatic heterocycles. The van der Waals surface area contributed by atoms with Gasteiger partial charge >= 0.3 is 0 Å². The van der Waals surface area contributed by atoms with E-state index in [1.54, 1.807) is 23.1 Å². The van der Waals surface area contributed by atoms with E-state index >= 15 is 0 Å². The second-order valence-corrected chi connectivity index (χ2v) is 9.13. The van der Waals surface area contributed by atoms with Crippen LogP contribution in [0.3, 0.4) is 0 Å². The van der Waals surface area contributed by atoms with Crippen molar-refractivity contribution in [3.63, 3.8) is 0 Å².